The van der Waals surface area contributed by atoms with Gasteiger partial charge in [0.1, 0.15) is 5.60 Å². The fourth-order valence-corrected chi connectivity index (χ4v) is 3.13. The first-order chi connectivity index (χ1) is 11.7. The Morgan fingerprint density at radius 2 is 1.92 bits per heavy atom. The Balaban J connectivity index is 1.58. The van der Waals surface area contributed by atoms with Gasteiger partial charge in [0, 0.05) is 19.3 Å². The van der Waals surface area contributed by atoms with Gasteiger partial charge in [-0.3, -0.25) is 14.3 Å². The van der Waals surface area contributed by atoms with Crippen molar-refractivity contribution in [3.8, 4) is 0 Å². The van der Waals surface area contributed by atoms with E-state index in [9.17, 15) is 14.4 Å². The minimum absolute atomic E-state index is 0.0283. The van der Waals surface area contributed by atoms with Crippen LogP contribution in [0.5, 0.6) is 0 Å². The van der Waals surface area contributed by atoms with Gasteiger partial charge in [-0.1, -0.05) is 0 Å². The summed E-state index contributed by atoms with van der Waals surface area (Å²) in [5.41, 5.74) is 0.162. The van der Waals surface area contributed by atoms with Gasteiger partial charge in [-0.05, 0) is 33.6 Å². The molecular weight excluding hydrogens is 324 g/mol. The molecular formula is C17H24N4O4. The molecule has 8 heteroatoms. The number of aromatic nitrogens is 2. The first-order valence-corrected chi connectivity index (χ1v) is 8.57. The summed E-state index contributed by atoms with van der Waals surface area (Å²) in [7, 11) is 0. The second-order valence-corrected chi connectivity index (χ2v) is 7.57. The number of hydrogen-bond acceptors (Lipinski definition) is 5. The molecule has 0 saturated carbocycles. The molecule has 2 saturated heterocycles. The minimum Gasteiger partial charge on any atom is -0.444 e. The number of amides is 2. The van der Waals surface area contributed by atoms with Crippen LogP contribution < -0.4 is 4.90 Å². The van der Waals surface area contributed by atoms with Crippen LogP contribution in [0.2, 0.25) is 0 Å². The summed E-state index contributed by atoms with van der Waals surface area (Å²) in [6.45, 7) is 6.90. The summed E-state index contributed by atoms with van der Waals surface area (Å²) in [4.78, 5) is 38.5. The van der Waals surface area contributed by atoms with Crippen LogP contribution >= 0.6 is 0 Å². The Hall–Kier alpha value is -2.38. The van der Waals surface area contributed by atoms with Gasteiger partial charge in [0.2, 0.25) is 5.91 Å². The number of nitrogens with zero attached hydrogens (tertiary/aromatic N) is 4. The number of piperidine rings is 1. The van der Waals surface area contributed by atoms with Crippen LogP contribution in [0, 0.1) is 0 Å². The van der Waals surface area contributed by atoms with Crippen molar-refractivity contribution >= 4 is 23.5 Å². The minimum atomic E-state index is -0.496. The normalized spacial score (nSPS) is 19.6. The van der Waals surface area contributed by atoms with E-state index < -0.39 is 5.60 Å². The van der Waals surface area contributed by atoms with Gasteiger partial charge in [0.25, 0.3) is 0 Å². The van der Waals surface area contributed by atoms with Gasteiger partial charge in [0.05, 0.1) is 30.9 Å². The molecule has 0 N–H and O–H groups in total. The molecule has 2 aliphatic rings. The molecule has 2 aliphatic heterocycles. The van der Waals surface area contributed by atoms with Crippen LogP contribution in [-0.4, -0.2) is 57.7 Å². The molecule has 1 aromatic heterocycles. The molecule has 0 unspecified atom stereocenters. The maximum absolute atomic E-state index is 12.1. The van der Waals surface area contributed by atoms with E-state index in [4.69, 9.17) is 4.74 Å². The second kappa shape index (κ2) is 6.50. The summed E-state index contributed by atoms with van der Waals surface area (Å²) in [6.07, 6.45) is 4.66. The molecule has 3 rings (SSSR count). The van der Waals surface area contributed by atoms with Crippen molar-refractivity contribution in [3.63, 3.8) is 0 Å². The van der Waals surface area contributed by atoms with E-state index in [1.807, 2.05) is 31.6 Å². The Labute approximate surface area is 146 Å². The molecule has 0 bridgehead atoms. The highest BCUT2D eigenvalue weighted by Crippen LogP contribution is 2.26. The number of hydrogen-bond donors (Lipinski definition) is 0. The third-order valence-corrected chi connectivity index (χ3v) is 4.37. The van der Waals surface area contributed by atoms with Crippen molar-refractivity contribution in [2.75, 3.05) is 24.5 Å². The van der Waals surface area contributed by atoms with Crippen molar-refractivity contribution in [1.82, 2.24) is 14.7 Å². The highest BCUT2D eigenvalue weighted by molar-refractivity contribution is 6.14. The monoisotopic (exact) mass is 348 g/mol. The molecule has 25 heavy (non-hydrogen) atoms. The van der Waals surface area contributed by atoms with E-state index >= 15 is 0 Å². The van der Waals surface area contributed by atoms with Crippen molar-refractivity contribution in [1.29, 1.82) is 0 Å². The van der Waals surface area contributed by atoms with Gasteiger partial charge in [-0.15, -0.1) is 0 Å². The average Bonchev–Trinajstić information content (AvgIpc) is 3.12. The molecule has 3 heterocycles. The Morgan fingerprint density at radius 3 is 2.48 bits per heavy atom. The largest absolute Gasteiger partial charge is 0.444 e. The lowest BCUT2D eigenvalue weighted by atomic mass is 10.1. The Kier molecular flexibility index (Phi) is 4.53. The molecule has 8 nitrogen and oxygen atoms in total. The van der Waals surface area contributed by atoms with E-state index in [1.165, 1.54) is 4.90 Å². The van der Waals surface area contributed by atoms with Crippen LogP contribution in [-0.2, 0) is 14.3 Å². The number of rotatable bonds is 2. The summed E-state index contributed by atoms with van der Waals surface area (Å²) in [6, 6.07) is 0.167. The zero-order valence-corrected chi connectivity index (χ0v) is 14.9. The lowest BCUT2D eigenvalue weighted by Crippen LogP contribution is -2.42. The third kappa shape index (κ3) is 4.00. The summed E-state index contributed by atoms with van der Waals surface area (Å²) in [5.74, 6) is -0.243. The zero-order valence-electron chi connectivity index (χ0n) is 14.9. The van der Waals surface area contributed by atoms with E-state index in [1.54, 1.807) is 11.1 Å². The van der Waals surface area contributed by atoms with Crippen molar-refractivity contribution < 1.29 is 19.1 Å². The van der Waals surface area contributed by atoms with Crippen molar-refractivity contribution in [2.24, 2.45) is 0 Å². The predicted molar refractivity (Wildman–Crippen MR) is 90.3 cm³/mol. The van der Waals surface area contributed by atoms with E-state index in [0.717, 1.165) is 12.8 Å². The van der Waals surface area contributed by atoms with Gasteiger partial charge in [0.15, 0.2) is 5.78 Å². The molecule has 0 atom stereocenters. The maximum atomic E-state index is 12.1. The topological polar surface area (TPSA) is 84.7 Å². The molecule has 136 valence electrons. The van der Waals surface area contributed by atoms with Gasteiger partial charge in [-0.25, -0.2) is 4.79 Å². The van der Waals surface area contributed by atoms with Gasteiger partial charge >= 0.3 is 6.09 Å². The maximum Gasteiger partial charge on any atom is 0.410 e. The average molecular weight is 348 g/mol. The van der Waals surface area contributed by atoms with Crippen LogP contribution in [0.4, 0.5) is 10.5 Å². The standard InChI is InChI=1S/C17H24N4O4/c1-17(2,3)25-16(24)19-6-4-12(5-7-19)21-10-13(9-18-21)20-11-14(22)8-15(20)23/h9-10,12H,4-8,11H2,1-3H3. The SMILES string of the molecule is CC(C)(C)OC(=O)N1CCC(n2cc(N3CC(=O)CC3=O)cn2)CC1. The smallest absolute Gasteiger partial charge is 0.410 e. The molecule has 0 aromatic carbocycles. The quantitative estimate of drug-likeness (QED) is 0.760. The highest BCUT2D eigenvalue weighted by atomic mass is 16.6. The number of carbonyl (C=O) groups excluding carboxylic acids is 3. The van der Waals surface area contributed by atoms with E-state index in [-0.39, 0.29) is 36.8 Å². The lowest BCUT2D eigenvalue weighted by molar-refractivity contribution is -0.121. The molecule has 0 aliphatic carbocycles. The lowest BCUT2D eigenvalue weighted by Gasteiger charge is -2.33. The molecule has 1 aromatic rings. The van der Waals surface area contributed by atoms with Crippen LogP contribution in [0.25, 0.3) is 0 Å². The first kappa shape index (κ1) is 17.4. The summed E-state index contributed by atoms with van der Waals surface area (Å²) in [5, 5.41) is 4.35. The van der Waals surface area contributed by atoms with Crippen LogP contribution in [0.3, 0.4) is 0 Å². The van der Waals surface area contributed by atoms with E-state index in [2.05, 4.69) is 5.10 Å². The van der Waals surface area contributed by atoms with Crippen LogP contribution in [0.15, 0.2) is 12.4 Å². The molecule has 0 radical (unpaired) electrons. The number of carbonyl (C=O) groups is 3. The number of likely N-dealkylation sites (tertiary alicyclic amines) is 1. The first-order valence-electron chi connectivity index (χ1n) is 8.57. The van der Waals surface area contributed by atoms with Crippen LogP contribution in [0.1, 0.15) is 46.1 Å². The number of anilines is 1. The molecule has 2 fully saturated rings. The fourth-order valence-electron chi connectivity index (χ4n) is 3.13. The number of ether oxygens (including phenoxy) is 1. The summed E-state index contributed by atoms with van der Waals surface area (Å²) < 4.78 is 7.23. The molecule has 0 spiro atoms. The summed E-state index contributed by atoms with van der Waals surface area (Å²) >= 11 is 0. The Morgan fingerprint density at radius 1 is 1.24 bits per heavy atom. The van der Waals surface area contributed by atoms with E-state index in [0.29, 0.717) is 18.8 Å². The van der Waals surface area contributed by atoms with Crippen molar-refractivity contribution in [2.45, 2.75) is 51.7 Å². The van der Waals surface area contributed by atoms with Gasteiger partial charge in [-0.2, -0.15) is 5.10 Å². The van der Waals surface area contributed by atoms with Crippen molar-refractivity contribution in [3.05, 3.63) is 12.4 Å². The highest BCUT2D eigenvalue weighted by Gasteiger charge is 2.31. The number of Topliss-reactive ketones (excluding diaryl/α,β-unsaturated/α-hetero) is 1. The fraction of sp³-hybridized carbons (Fsp3) is 0.647. The predicted octanol–water partition coefficient (Wildman–Crippen LogP) is 1.76. The second-order valence-electron chi connectivity index (χ2n) is 7.57. The molecule has 2 amide bonds. The zero-order chi connectivity index (χ0) is 18.2. The van der Waals surface area contributed by atoms with Gasteiger partial charge < -0.3 is 14.5 Å². The number of ketones is 1. The third-order valence-electron chi connectivity index (χ3n) is 4.37. The Bertz CT molecular complexity index is 683.